The van der Waals surface area contributed by atoms with E-state index in [1.54, 1.807) is 0 Å². The SMILES string of the molecule is CC1(C)Cn2ncc([S@@](N)(=O)=NC(=O)Nc3c4c(cc5c3CC(F)(F)C5)CCC4)c2O1. The number of benzene rings is 1. The summed E-state index contributed by atoms with van der Waals surface area (Å²) in [5.74, 6) is -2.63. The van der Waals surface area contributed by atoms with Gasteiger partial charge in [0.05, 0.1) is 12.7 Å². The summed E-state index contributed by atoms with van der Waals surface area (Å²) >= 11 is 0. The van der Waals surface area contributed by atoms with E-state index in [0.717, 1.165) is 24.0 Å². The maximum atomic E-state index is 14.1. The third-order valence-corrected chi connectivity index (χ3v) is 7.26. The fourth-order valence-electron chi connectivity index (χ4n) is 4.69. The van der Waals surface area contributed by atoms with Gasteiger partial charge in [-0.25, -0.2) is 27.6 Å². The van der Waals surface area contributed by atoms with Crippen molar-refractivity contribution in [3.05, 3.63) is 34.5 Å². The zero-order valence-electron chi connectivity index (χ0n) is 17.2. The van der Waals surface area contributed by atoms with Gasteiger partial charge in [-0.1, -0.05) is 6.07 Å². The summed E-state index contributed by atoms with van der Waals surface area (Å²) in [5.41, 5.74) is 2.59. The van der Waals surface area contributed by atoms with Crippen LogP contribution in [0.5, 0.6) is 5.88 Å². The molecule has 0 fully saturated rings. The Balaban J connectivity index is 1.49. The zero-order chi connectivity index (χ0) is 22.2. The van der Waals surface area contributed by atoms with E-state index in [4.69, 9.17) is 9.88 Å². The molecule has 8 nitrogen and oxygen atoms in total. The van der Waals surface area contributed by atoms with Crippen LogP contribution in [-0.4, -0.2) is 31.5 Å². The van der Waals surface area contributed by atoms with Crippen molar-refractivity contribution in [3.63, 3.8) is 0 Å². The average Bonchev–Trinajstić information content (AvgIpc) is 3.34. The molecule has 1 aliphatic heterocycles. The maximum absolute atomic E-state index is 14.1. The molecule has 5 rings (SSSR count). The molecule has 3 N–H and O–H groups in total. The molecule has 2 amide bonds. The number of ether oxygens (including phenoxy) is 1. The molecule has 0 saturated heterocycles. The molecular weight excluding hydrogens is 428 g/mol. The summed E-state index contributed by atoms with van der Waals surface area (Å²) in [5, 5.41) is 12.6. The van der Waals surface area contributed by atoms with Crippen molar-refractivity contribution in [3.8, 4) is 5.88 Å². The van der Waals surface area contributed by atoms with Gasteiger partial charge in [-0.2, -0.15) is 5.10 Å². The van der Waals surface area contributed by atoms with Gasteiger partial charge in [-0.3, -0.25) is 0 Å². The van der Waals surface area contributed by atoms with Gasteiger partial charge < -0.3 is 10.1 Å². The molecule has 0 radical (unpaired) electrons. The molecule has 2 aromatic rings. The summed E-state index contributed by atoms with van der Waals surface area (Å²) in [7, 11) is -3.66. The molecule has 3 aliphatic rings. The maximum Gasteiger partial charge on any atom is 0.354 e. The van der Waals surface area contributed by atoms with Crippen molar-refractivity contribution in [2.75, 3.05) is 5.32 Å². The van der Waals surface area contributed by atoms with Crippen molar-refractivity contribution in [2.24, 2.45) is 9.50 Å². The van der Waals surface area contributed by atoms with Gasteiger partial charge in [0.1, 0.15) is 10.5 Å². The van der Waals surface area contributed by atoms with Gasteiger partial charge in [0.25, 0.3) is 5.92 Å². The molecule has 0 bridgehead atoms. The van der Waals surface area contributed by atoms with E-state index in [1.807, 2.05) is 19.9 Å². The molecule has 1 aromatic carbocycles. The predicted octanol–water partition coefficient (Wildman–Crippen LogP) is 3.21. The molecular formula is C20H23F2N5O3S. The molecule has 0 saturated carbocycles. The van der Waals surface area contributed by atoms with Gasteiger partial charge in [0.15, 0.2) is 9.92 Å². The van der Waals surface area contributed by atoms with E-state index in [1.165, 1.54) is 10.9 Å². The first kappa shape index (κ1) is 20.4. The van der Waals surface area contributed by atoms with Crippen molar-refractivity contribution < 1.29 is 22.5 Å². The number of hydrogen-bond acceptors (Lipinski definition) is 4. The third kappa shape index (κ3) is 3.49. The molecule has 2 aliphatic carbocycles. The number of aryl methyl sites for hydroxylation is 1. The molecule has 2 heterocycles. The normalized spacial score (nSPS) is 21.6. The van der Waals surface area contributed by atoms with Crippen LogP contribution in [0.2, 0.25) is 0 Å². The molecule has 11 heteroatoms. The molecule has 0 spiro atoms. The first-order valence-electron chi connectivity index (χ1n) is 10.1. The highest BCUT2D eigenvalue weighted by Crippen LogP contribution is 2.43. The first-order chi connectivity index (χ1) is 14.4. The Morgan fingerprint density at radius 3 is 2.84 bits per heavy atom. The van der Waals surface area contributed by atoms with Crippen LogP contribution < -0.4 is 15.2 Å². The number of urea groups is 1. The van der Waals surface area contributed by atoms with Crippen LogP contribution in [0.25, 0.3) is 0 Å². The standard InChI is InChI=1S/C20H23F2N5O3S/c1-19(2)10-27-17(30-19)15(9-24-27)31(23,29)26-18(28)25-16-13-5-3-4-11(13)6-12-7-20(21,22)8-14(12)16/h6,9H,3-5,7-8,10H2,1-2H3,(H3,23,25,26,28,29)/t31-/m0/s1. The highest BCUT2D eigenvalue weighted by atomic mass is 32.2. The molecule has 1 atom stereocenters. The Morgan fingerprint density at radius 2 is 2.06 bits per heavy atom. The summed E-state index contributed by atoms with van der Waals surface area (Å²) < 4.78 is 52.2. The summed E-state index contributed by atoms with van der Waals surface area (Å²) in [6.07, 6.45) is 2.83. The second-order valence-corrected chi connectivity index (χ2v) is 10.8. The van der Waals surface area contributed by atoms with E-state index >= 15 is 0 Å². The number of amides is 2. The van der Waals surface area contributed by atoms with Crippen LogP contribution in [0.1, 0.15) is 42.5 Å². The van der Waals surface area contributed by atoms with Crippen LogP contribution in [0.4, 0.5) is 19.3 Å². The summed E-state index contributed by atoms with van der Waals surface area (Å²) in [6.45, 7) is 4.14. The Kier molecular flexibility index (Phi) is 4.26. The van der Waals surface area contributed by atoms with Gasteiger partial charge >= 0.3 is 6.03 Å². The van der Waals surface area contributed by atoms with Crippen LogP contribution in [0, 0.1) is 0 Å². The van der Waals surface area contributed by atoms with Crippen LogP contribution in [0.3, 0.4) is 0 Å². The van der Waals surface area contributed by atoms with Crippen molar-refractivity contribution in [1.29, 1.82) is 0 Å². The van der Waals surface area contributed by atoms with E-state index in [0.29, 0.717) is 29.8 Å². The third-order valence-electron chi connectivity index (χ3n) is 5.91. The van der Waals surface area contributed by atoms with Gasteiger partial charge in [-0.05, 0) is 55.4 Å². The molecule has 31 heavy (non-hydrogen) atoms. The predicted molar refractivity (Wildman–Crippen MR) is 110 cm³/mol. The average molecular weight is 451 g/mol. The van der Waals surface area contributed by atoms with Crippen molar-refractivity contribution in [2.45, 2.75) is 68.9 Å². The lowest BCUT2D eigenvalue weighted by Gasteiger charge is -2.16. The number of anilines is 1. The van der Waals surface area contributed by atoms with Crippen LogP contribution in [-0.2, 0) is 42.1 Å². The largest absolute Gasteiger partial charge is 0.469 e. The Hall–Kier alpha value is -2.53. The number of carbonyl (C=O) groups excluding carboxylic acids is 1. The van der Waals surface area contributed by atoms with Crippen LogP contribution >= 0.6 is 0 Å². The number of nitrogens with zero attached hydrogens (tertiary/aromatic N) is 3. The minimum absolute atomic E-state index is 0.0308. The van der Waals surface area contributed by atoms with Crippen molar-refractivity contribution >= 4 is 21.6 Å². The number of alkyl halides is 2. The highest BCUT2D eigenvalue weighted by molar-refractivity contribution is 7.91. The number of fused-ring (bicyclic) bond motifs is 3. The van der Waals surface area contributed by atoms with Gasteiger partial charge in [0, 0.05) is 18.5 Å². The quantitative estimate of drug-likeness (QED) is 0.730. The summed E-state index contributed by atoms with van der Waals surface area (Å²) in [4.78, 5) is 12.8. The molecule has 1 aromatic heterocycles. The minimum atomic E-state index is -3.66. The lowest BCUT2D eigenvalue weighted by atomic mass is 9.99. The smallest absolute Gasteiger partial charge is 0.354 e. The number of rotatable bonds is 2. The number of nitrogens with one attached hydrogen (secondary N) is 1. The number of carbonyl (C=O) groups is 1. The van der Waals surface area contributed by atoms with E-state index in [2.05, 4.69) is 14.8 Å². The zero-order valence-corrected chi connectivity index (χ0v) is 18.0. The second kappa shape index (κ2) is 6.49. The monoisotopic (exact) mass is 451 g/mol. The van der Waals surface area contributed by atoms with Crippen LogP contribution in [0.15, 0.2) is 21.5 Å². The number of nitrogens with two attached hydrogens (primary N) is 1. The fraction of sp³-hybridized carbons (Fsp3) is 0.500. The molecule has 166 valence electrons. The lowest BCUT2D eigenvalue weighted by Crippen LogP contribution is -2.27. The lowest BCUT2D eigenvalue weighted by molar-refractivity contribution is 0.0131. The fourth-order valence-corrected chi connectivity index (χ4v) is 5.68. The first-order valence-corrected chi connectivity index (χ1v) is 11.7. The Labute approximate surface area is 178 Å². The van der Waals surface area contributed by atoms with E-state index < -0.39 is 33.9 Å². The Morgan fingerprint density at radius 1 is 1.29 bits per heavy atom. The van der Waals surface area contributed by atoms with Gasteiger partial charge in [0.2, 0.25) is 5.88 Å². The van der Waals surface area contributed by atoms with E-state index in [-0.39, 0.29) is 17.2 Å². The number of halogens is 2. The van der Waals surface area contributed by atoms with Gasteiger partial charge in [-0.15, -0.1) is 4.36 Å². The summed E-state index contributed by atoms with van der Waals surface area (Å²) in [6, 6.07) is 0.884. The van der Waals surface area contributed by atoms with Crippen molar-refractivity contribution in [1.82, 2.24) is 9.78 Å². The molecule has 0 unspecified atom stereocenters. The number of hydrogen-bond donors (Lipinski definition) is 2. The Bertz CT molecular complexity index is 1240. The van der Waals surface area contributed by atoms with E-state index in [9.17, 15) is 17.8 Å². The minimum Gasteiger partial charge on any atom is -0.469 e. The highest BCUT2D eigenvalue weighted by Gasteiger charge is 2.41. The number of aromatic nitrogens is 2. The second-order valence-electron chi connectivity index (χ2n) is 9.01. The topological polar surface area (TPSA) is 112 Å².